The number of nitrogens with one attached hydrogen (secondary N) is 2. The third-order valence-electron chi connectivity index (χ3n) is 7.81. The number of likely N-dealkylation sites (tertiary alicyclic amines) is 1. The van der Waals surface area contributed by atoms with Crippen LogP contribution >= 0.6 is 0 Å². The maximum atomic E-state index is 13.2. The number of fused-ring (bicyclic) bond motifs is 1. The van der Waals surface area contributed by atoms with E-state index < -0.39 is 0 Å². The number of methoxy groups -OCH3 is 1. The summed E-state index contributed by atoms with van der Waals surface area (Å²) >= 11 is 0. The smallest absolute Gasteiger partial charge is 0.251 e. The number of aromatic nitrogens is 2. The van der Waals surface area contributed by atoms with E-state index in [9.17, 15) is 9.59 Å². The monoisotopic (exact) mass is 519 g/mol. The lowest BCUT2D eigenvalue weighted by molar-refractivity contribution is -0.121. The van der Waals surface area contributed by atoms with Crippen LogP contribution in [0.2, 0.25) is 0 Å². The number of anilines is 4. The van der Waals surface area contributed by atoms with Crippen LogP contribution in [0.4, 0.5) is 23.1 Å². The SMILES string of the molecule is C=CCC1CN(C2CCCC2)c2nc(Nc3ccc(C(=O)NC4CN(C)C4)cc3OC)ncc2N(C)C1=O. The van der Waals surface area contributed by atoms with Crippen molar-refractivity contribution in [2.24, 2.45) is 5.92 Å². The topological polar surface area (TPSA) is 103 Å². The average Bonchev–Trinajstić information content (AvgIpc) is 3.41. The molecule has 1 aromatic heterocycles. The molecule has 0 spiro atoms. The van der Waals surface area contributed by atoms with Gasteiger partial charge in [0.15, 0.2) is 5.82 Å². The number of carbonyl (C=O) groups excluding carboxylic acids is 2. The summed E-state index contributed by atoms with van der Waals surface area (Å²) in [6, 6.07) is 5.80. The van der Waals surface area contributed by atoms with Crippen molar-refractivity contribution in [3.8, 4) is 5.75 Å². The molecule has 202 valence electrons. The summed E-state index contributed by atoms with van der Waals surface area (Å²) in [5.41, 5.74) is 1.90. The van der Waals surface area contributed by atoms with Crippen molar-refractivity contribution in [2.45, 2.75) is 44.2 Å². The fourth-order valence-corrected chi connectivity index (χ4v) is 5.70. The molecular formula is C28H37N7O3. The van der Waals surface area contributed by atoms with Crippen molar-refractivity contribution in [1.82, 2.24) is 20.2 Å². The predicted octanol–water partition coefficient (Wildman–Crippen LogP) is 3.19. The molecule has 3 aliphatic rings. The highest BCUT2D eigenvalue weighted by molar-refractivity contribution is 5.99. The second kappa shape index (κ2) is 11.0. The molecule has 1 unspecified atom stereocenters. The zero-order chi connectivity index (χ0) is 26.8. The summed E-state index contributed by atoms with van der Waals surface area (Å²) in [5, 5.41) is 6.32. The van der Waals surface area contributed by atoms with Crippen molar-refractivity contribution in [3.63, 3.8) is 0 Å². The van der Waals surface area contributed by atoms with Crippen molar-refractivity contribution >= 4 is 35.0 Å². The van der Waals surface area contributed by atoms with Gasteiger partial charge in [0.2, 0.25) is 11.9 Å². The van der Waals surface area contributed by atoms with Crippen molar-refractivity contribution < 1.29 is 14.3 Å². The Morgan fingerprint density at radius 1 is 1.21 bits per heavy atom. The van der Waals surface area contributed by atoms with Gasteiger partial charge in [-0.15, -0.1) is 6.58 Å². The van der Waals surface area contributed by atoms with Crippen LogP contribution in [0.5, 0.6) is 5.75 Å². The molecule has 0 bridgehead atoms. The summed E-state index contributed by atoms with van der Waals surface area (Å²) in [6.45, 7) is 6.18. The Balaban J connectivity index is 1.41. The minimum absolute atomic E-state index is 0.0556. The third-order valence-corrected chi connectivity index (χ3v) is 7.81. The van der Waals surface area contributed by atoms with Gasteiger partial charge in [-0.2, -0.15) is 4.98 Å². The Bertz CT molecular complexity index is 1210. The number of likely N-dealkylation sites (N-methyl/N-ethyl adjacent to an activating group) is 1. The highest BCUT2D eigenvalue weighted by atomic mass is 16.5. The molecule has 3 heterocycles. The molecule has 10 nitrogen and oxygen atoms in total. The number of ether oxygens (including phenoxy) is 1. The van der Waals surface area contributed by atoms with E-state index in [0.717, 1.165) is 31.7 Å². The van der Waals surface area contributed by atoms with E-state index in [4.69, 9.17) is 9.72 Å². The van der Waals surface area contributed by atoms with Gasteiger partial charge in [0, 0.05) is 38.3 Å². The molecule has 2 N–H and O–H groups in total. The van der Waals surface area contributed by atoms with E-state index in [1.165, 1.54) is 12.8 Å². The quantitative estimate of drug-likeness (QED) is 0.513. The summed E-state index contributed by atoms with van der Waals surface area (Å²) in [5.74, 6) is 1.44. The van der Waals surface area contributed by atoms with E-state index in [1.54, 1.807) is 43.5 Å². The second-order valence-electron chi connectivity index (χ2n) is 10.5. The van der Waals surface area contributed by atoms with Gasteiger partial charge in [-0.25, -0.2) is 4.98 Å². The first-order valence-corrected chi connectivity index (χ1v) is 13.3. The number of allylic oxidation sites excluding steroid dienone is 1. The van der Waals surface area contributed by atoms with Crippen LogP contribution in [-0.4, -0.2) is 79.6 Å². The van der Waals surface area contributed by atoms with Gasteiger partial charge >= 0.3 is 0 Å². The van der Waals surface area contributed by atoms with Crippen LogP contribution in [0.1, 0.15) is 42.5 Å². The van der Waals surface area contributed by atoms with Crippen LogP contribution in [0, 0.1) is 5.92 Å². The highest BCUT2D eigenvalue weighted by Gasteiger charge is 2.36. The van der Waals surface area contributed by atoms with Crippen LogP contribution in [0.25, 0.3) is 0 Å². The predicted molar refractivity (Wildman–Crippen MR) is 148 cm³/mol. The summed E-state index contributed by atoms with van der Waals surface area (Å²) < 4.78 is 5.60. The lowest BCUT2D eigenvalue weighted by atomic mass is 10.0. The van der Waals surface area contributed by atoms with Crippen LogP contribution in [0.15, 0.2) is 37.1 Å². The molecular weight excluding hydrogens is 482 g/mol. The molecule has 10 heteroatoms. The van der Waals surface area contributed by atoms with E-state index in [2.05, 4.69) is 32.0 Å². The molecule has 2 fully saturated rings. The molecule has 2 aromatic rings. The summed E-state index contributed by atoms with van der Waals surface area (Å²) in [4.78, 5) is 41.5. The molecule has 1 aromatic carbocycles. The van der Waals surface area contributed by atoms with Gasteiger partial charge in [0.1, 0.15) is 11.4 Å². The number of hydrogen-bond acceptors (Lipinski definition) is 8. The first-order chi connectivity index (χ1) is 18.4. The van der Waals surface area contributed by atoms with E-state index in [-0.39, 0.29) is 23.8 Å². The summed E-state index contributed by atoms with van der Waals surface area (Å²) in [7, 11) is 5.39. The Morgan fingerprint density at radius 3 is 2.66 bits per heavy atom. The molecule has 2 aliphatic heterocycles. The molecule has 1 atom stereocenters. The Kier molecular flexibility index (Phi) is 7.51. The number of nitrogens with zero attached hydrogens (tertiary/aromatic N) is 5. The zero-order valence-corrected chi connectivity index (χ0v) is 22.4. The Hall–Kier alpha value is -3.66. The highest BCUT2D eigenvalue weighted by Crippen LogP contribution is 2.38. The van der Waals surface area contributed by atoms with Crippen LogP contribution in [-0.2, 0) is 4.79 Å². The van der Waals surface area contributed by atoms with Crippen molar-refractivity contribution in [3.05, 3.63) is 42.6 Å². The van der Waals surface area contributed by atoms with Crippen LogP contribution in [0.3, 0.4) is 0 Å². The maximum absolute atomic E-state index is 13.2. The minimum atomic E-state index is -0.178. The van der Waals surface area contributed by atoms with Crippen molar-refractivity contribution in [2.75, 3.05) is 56.0 Å². The molecule has 0 radical (unpaired) electrons. The molecule has 5 rings (SSSR count). The average molecular weight is 520 g/mol. The van der Waals surface area contributed by atoms with Crippen LogP contribution < -0.4 is 25.2 Å². The second-order valence-corrected chi connectivity index (χ2v) is 10.5. The Morgan fingerprint density at radius 2 is 1.97 bits per heavy atom. The van der Waals surface area contributed by atoms with E-state index >= 15 is 0 Å². The fraction of sp³-hybridized carbons (Fsp3) is 0.500. The lowest BCUT2D eigenvalue weighted by Gasteiger charge is -2.36. The third kappa shape index (κ3) is 5.18. The first kappa shape index (κ1) is 26.0. The first-order valence-electron chi connectivity index (χ1n) is 13.3. The van der Waals surface area contributed by atoms with Gasteiger partial charge in [0.05, 0.1) is 31.0 Å². The van der Waals surface area contributed by atoms with Crippen molar-refractivity contribution in [1.29, 1.82) is 0 Å². The van der Waals surface area contributed by atoms with Gasteiger partial charge in [0.25, 0.3) is 5.91 Å². The molecule has 1 aliphatic carbocycles. The number of amides is 2. The minimum Gasteiger partial charge on any atom is -0.495 e. The summed E-state index contributed by atoms with van der Waals surface area (Å²) in [6.07, 6.45) is 8.67. The van der Waals surface area contributed by atoms with E-state index in [0.29, 0.717) is 47.6 Å². The molecule has 1 saturated heterocycles. The zero-order valence-electron chi connectivity index (χ0n) is 22.4. The van der Waals surface area contributed by atoms with Gasteiger partial charge < -0.3 is 30.1 Å². The number of hydrogen-bond donors (Lipinski definition) is 2. The number of rotatable bonds is 8. The lowest BCUT2D eigenvalue weighted by Crippen LogP contribution is -2.57. The molecule has 38 heavy (non-hydrogen) atoms. The molecule has 2 amide bonds. The largest absolute Gasteiger partial charge is 0.495 e. The van der Waals surface area contributed by atoms with Gasteiger partial charge in [-0.3, -0.25) is 9.59 Å². The normalized spacial score (nSPS) is 20.5. The molecule has 1 saturated carbocycles. The Labute approximate surface area is 224 Å². The fourth-order valence-electron chi connectivity index (χ4n) is 5.70. The maximum Gasteiger partial charge on any atom is 0.251 e. The standard InChI is InChI=1S/C28H37N7O3/c1-5-8-19-15-35(21-9-6-7-10-21)25-23(34(3)27(19)37)14-29-28(32-25)31-22-12-11-18(13-24(22)38-4)26(36)30-20-16-33(2)17-20/h5,11-14,19-21H,1,6-10,15-17H2,2-4H3,(H,30,36)(H,29,31,32). The van der Waals surface area contributed by atoms with E-state index in [1.807, 2.05) is 13.1 Å². The number of benzene rings is 1. The number of carbonyl (C=O) groups is 2. The van der Waals surface area contributed by atoms with Gasteiger partial charge in [-0.1, -0.05) is 18.9 Å². The van der Waals surface area contributed by atoms with Gasteiger partial charge in [-0.05, 0) is 44.5 Å².